The van der Waals surface area contributed by atoms with Crippen molar-refractivity contribution in [2.45, 2.75) is 0 Å². The molecule has 0 aliphatic heterocycles. The van der Waals surface area contributed by atoms with Crippen LogP contribution in [0.4, 0.5) is 0 Å². The van der Waals surface area contributed by atoms with Crippen molar-refractivity contribution in [3.63, 3.8) is 0 Å². The van der Waals surface area contributed by atoms with Gasteiger partial charge in [0.05, 0.1) is 33.3 Å². The maximum absolute atomic E-state index is 5.38. The van der Waals surface area contributed by atoms with Crippen molar-refractivity contribution in [3.05, 3.63) is 206 Å². The Balaban J connectivity index is 0.998. The number of benzene rings is 9. The van der Waals surface area contributed by atoms with Crippen LogP contribution < -0.4 is 0 Å². The zero-order valence-electron chi connectivity index (χ0n) is 32.8. The average Bonchev–Trinajstić information content (AvgIpc) is 3.99. The second kappa shape index (κ2) is 13.3. The van der Waals surface area contributed by atoms with Crippen molar-refractivity contribution in [1.29, 1.82) is 0 Å². The van der Waals surface area contributed by atoms with Crippen LogP contribution in [0, 0.1) is 0 Å². The third-order valence-electron chi connectivity index (χ3n) is 12.3. The highest BCUT2D eigenvalue weighted by atomic mass is 32.1. The van der Waals surface area contributed by atoms with Gasteiger partial charge in [0, 0.05) is 58.4 Å². The number of rotatable bonds is 5. The highest BCUT2D eigenvalue weighted by Crippen LogP contribution is 2.45. The molecule has 284 valence electrons. The predicted octanol–water partition coefficient (Wildman–Crippen LogP) is 15.2. The van der Waals surface area contributed by atoms with Crippen LogP contribution in [0.15, 0.2) is 206 Å². The first kappa shape index (κ1) is 34.0. The summed E-state index contributed by atoms with van der Waals surface area (Å²) in [6, 6.07) is 74.2. The van der Waals surface area contributed by atoms with Gasteiger partial charge in [0.1, 0.15) is 0 Å². The lowest BCUT2D eigenvalue weighted by atomic mass is 10.00. The Bertz CT molecular complexity index is 3860. The zero-order valence-corrected chi connectivity index (χ0v) is 33.6. The van der Waals surface area contributed by atoms with Gasteiger partial charge in [-0.2, -0.15) is 0 Å². The SMILES string of the molecule is c1ccc(-c2ccc(-c3nc(-n4c5ccccc5c5cc(-c6ccc7c(c6)c6c8sc9ccccc9c8ccc6n7-c6ccccc6)ccc54)nc4ccccc34)cc2)cc1. The molecule has 0 N–H and O–H groups in total. The van der Waals surface area contributed by atoms with E-state index in [1.54, 1.807) is 0 Å². The minimum absolute atomic E-state index is 0.655. The summed E-state index contributed by atoms with van der Waals surface area (Å²) in [6.45, 7) is 0. The standard InChI is InChI=1S/C56H34N4S/c1-3-13-35(14-4-1)36-23-25-37(26-24-36)54-44-19-7-10-20-47(44)57-56(58-54)60-48-21-11-8-17-41(48)45-33-38(27-30-49(45)60)39-28-31-50-46(34-39)53-51(59(50)40-15-5-2-6-16-40)32-29-43-42-18-9-12-22-52(42)61-55(43)53/h1-34H. The van der Waals surface area contributed by atoms with E-state index >= 15 is 0 Å². The highest BCUT2D eigenvalue weighted by Gasteiger charge is 2.21. The van der Waals surface area contributed by atoms with E-state index in [0.717, 1.165) is 44.3 Å². The lowest BCUT2D eigenvalue weighted by molar-refractivity contribution is 1.01. The fourth-order valence-electron chi connectivity index (χ4n) is 9.52. The summed E-state index contributed by atoms with van der Waals surface area (Å²) in [4.78, 5) is 10.6. The average molecular weight is 795 g/mol. The van der Waals surface area contributed by atoms with Gasteiger partial charge >= 0.3 is 0 Å². The van der Waals surface area contributed by atoms with Crippen LogP contribution in [-0.2, 0) is 0 Å². The summed E-state index contributed by atoms with van der Waals surface area (Å²) >= 11 is 1.89. The second-order valence-corrected chi connectivity index (χ2v) is 16.8. The summed E-state index contributed by atoms with van der Waals surface area (Å²) in [5, 5.41) is 8.53. The monoisotopic (exact) mass is 794 g/mol. The van der Waals surface area contributed by atoms with E-state index in [0.29, 0.717) is 5.95 Å². The minimum atomic E-state index is 0.655. The molecule has 4 aromatic heterocycles. The Morgan fingerprint density at radius 3 is 1.72 bits per heavy atom. The number of aromatic nitrogens is 4. The topological polar surface area (TPSA) is 35.6 Å². The van der Waals surface area contributed by atoms with Crippen LogP contribution in [0.3, 0.4) is 0 Å². The van der Waals surface area contributed by atoms with Gasteiger partial charge in [0.15, 0.2) is 0 Å². The van der Waals surface area contributed by atoms with Gasteiger partial charge < -0.3 is 4.57 Å². The summed E-state index contributed by atoms with van der Waals surface area (Å²) in [5.41, 5.74) is 13.3. The summed E-state index contributed by atoms with van der Waals surface area (Å²) in [6.07, 6.45) is 0. The Kier molecular flexibility index (Phi) is 7.44. The lowest BCUT2D eigenvalue weighted by Gasteiger charge is -2.12. The number of hydrogen-bond acceptors (Lipinski definition) is 3. The molecule has 0 amide bonds. The van der Waals surface area contributed by atoms with Gasteiger partial charge in [0.2, 0.25) is 5.95 Å². The van der Waals surface area contributed by atoms with Crippen LogP contribution >= 0.6 is 11.3 Å². The quantitative estimate of drug-likeness (QED) is 0.174. The Morgan fingerprint density at radius 2 is 0.918 bits per heavy atom. The third-order valence-corrected chi connectivity index (χ3v) is 13.6. The second-order valence-electron chi connectivity index (χ2n) is 15.8. The summed E-state index contributed by atoms with van der Waals surface area (Å²) in [7, 11) is 0. The van der Waals surface area contributed by atoms with Gasteiger partial charge in [-0.15, -0.1) is 11.3 Å². The molecular formula is C56H34N4S. The van der Waals surface area contributed by atoms with E-state index in [2.05, 4.69) is 215 Å². The summed E-state index contributed by atoms with van der Waals surface area (Å²) in [5.74, 6) is 0.655. The van der Waals surface area contributed by atoms with E-state index in [4.69, 9.17) is 9.97 Å². The van der Waals surface area contributed by atoms with Gasteiger partial charge in [-0.1, -0.05) is 146 Å². The molecule has 0 saturated heterocycles. The molecule has 9 aromatic carbocycles. The molecular weight excluding hydrogens is 761 g/mol. The molecule has 0 atom stereocenters. The number of nitrogens with zero attached hydrogens (tertiary/aromatic N) is 4. The molecule has 4 heterocycles. The van der Waals surface area contributed by atoms with Crippen LogP contribution in [0.25, 0.3) is 120 Å². The van der Waals surface area contributed by atoms with E-state index in [-0.39, 0.29) is 0 Å². The molecule has 0 aliphatic rings. The highest BCUT2D eigenvalue weighted by molar-refractivity contribution is 7.26. The van der Waals surface area contributed by atoms with Crippen molar-refractivity contribution >= 4 is 86.0 Å². The van der Waals surface area contributed by atoms with Crippen molar-refractivity contribution in [2.24, 2.45) is 0 Å². The van der Waals surface area contributed by atoms with E-state index in [9.17, 15) is 0 Å². The molecule has 0 unspecified atom stereocenters. The smallest absolute Gasteiger partial charge is 0.235 e. The molecule has 0 fully saturated rings. The molecule has 61 heavy (non-hydrogen) atoms. The van der Waals surface area contributed by atoms with Gasteiger partial charge in [-0.25, -0.2) is 9.97 Å². The van der Waals surface area contributed by atoms with E-state index in [1.807, 2.05) is 11.3 Å². The van der Waals surface area contributed by atoms with Gasteiger partial charge in [0.25, 0.3) is 0 Å². The first-order valence-electron chi connectivity index (χ1n) is 20.7. The number of para-hydroxylation sites is 3. The maximum atomic E-state index is 5.38. The van der Waals surface area contributed by atoms with Crippen LogP contribution in [-0.4, -0.2) is 19.1 Å². The maximum Gasteiger partial charge on any atom is 0.235 e. The number of fused-ring (bicyclic) bond motifs is 11. The molecule has 0 spiro atoms. The lowest BCUT2D eigenvalue weighted by Crippen LogP contribution is -2.03. The molecule has 0 radical (unpaired) electrons. The molecule has 4 nitrogen and oxygen atoms in total. The fourth-order valence-corrected chi connectivity index (χ4v) is 10.8. The molecule has 13 aromatic rings. The van der Waals surface area contributed by atoms with Crippen LogP contribution in [0.1, 0.15) is 0 Å². The van der Waals surface area contributed by atoms with Crippen molar-refractivity contribution in [3.8, 4) is 45.1 Å². The van der Waals surface area contributed by atoms with Crippen LogP contribution in [0.5, 0.6) is 0 Å². The predicted molar refractivity (Wildman–Crippen MR) is 257 cm³/mol. The van der Waals surface area contributed by atoms with E-state index in [1.165, 1.54) is 69.6 Å². The molecule has 0 bridgehead atoms. The zero-order chi connectivity index (χ0) is 40.0. The number of thiophene rings is 1. The van der Waals surface area contributed by atoms with Crippen molar-refractivity contribution in [1.82, 2.24) is 19.1 Å². The third kappa shape index (κ3) is 5.24. The van der Waals surface area contributed by atoms with Crippen molar-refractivity contribution < 1.29 is 0 Å². The molecule has 0 aliphatic carbocycles. The Morgan fingerprint density at radius 1 is 0.344 bits per heavy atom. The summed E-state index contributed by atoms with van der Waals surface area (Å²) < 4.78 is 7.30. The first-order valence-corrected chi connectivity index (χ1v) is 21.5. The first-order chi connectivity index (χ1) is 30.2. The molecule has 13 rings (SSSR count). The molecule has 5 heteroatoms. The van der Waals surface area contributed by atoms with Crippen LogP contribution in [0.2, 0.25) is 0 Å². The Labute approximate surface area is 354 Å². The Hall–Kier alpha value is -7.86. The van der Waals surface area contributed by atoms with Gasteiger partial charge in [-0.3, -0.25) is 4.57 Å². The minimum Gasteiger partial charge on any atom is -0.309 e. The fraction of sp³-hybridized carbons (Fsp3) is 0. The normalized spacial score (nSPS) is 11.9. The van der Waals surface area contributed by atoms with Gasteiger partial charge in [-0.05, 0) is 82.9 Å². The van der Waals surface area contributed by atoms with Crippen molar-refractivity contribution in [2.75, 3.05) is 0 Å². The molecule has 0 saturated carbocycles. The van der Waals surface area contributed by atoms with E-state index < -0.39 is 0 Å². The largest absolute Gasteiger partial charge is 0.309 e. The number of hydrogen-bond donors (Lipinski definition) is 0.